The molecule has 0 unspecified atom stereocenters. The van der Waals surface area contributed by atoms with Gasteiger partial charge >= 0.3 is 0 Å². The smallest absolute Gasteiger partial charge is 0.153 e. The molecule has 0 saturated carbocycles. The Morgan fingerprint density at radius 2 is 1.90 bits per heavy atom. The number of nitrogens with zero attached hydrogens (tertiary/aromatic N) is 4. The van der Waals surface area contributed by atoms with Gasteiger partial charge in [0.1, 0.15) is 0 Å². The van der Waals surface area contributed by atoms with E-state index in [1.165, 1.54) is 5.56 Å². The Morgan fingerprint density at radius 1 is 1.05 bits per heavy atom. The number of benzene rings is 2. The maximum atomic E-state index is 3.98. The SMILES string of the molecule is Cc1nnnn1-c1cccc(NCCc2ccccc2)c1. The van der Waals surface area contributed by atoms with Gasteiger partial charge in [0.05, 0.1) is 5.69 Å². The molecule has 0 fully saturated rings. The van der Waals surface area contributed by atoms with Crippen LogP contribution in [0, 0.1) is 6.92 Å². The van der Waals surface area contributed by atoms with Gasteiger partial charge in [-0.15, -0.1) is 5.10 Å². The Morgan fingerprint density at radius 3 is 2.67 bits per heavy atom. The van der Waals surface area contributed by atoms with Crippen molar-refractivity contribution in [3.8, 4) is 5.69 Å². The maximum absolute atomic E-state index is 3.98. The molecule has 1 aromatic heterocycles. The zero-order chi connectivity index (χ0) is 14.5. The first kappa shape index (κ1) is 13.3. The first-order valence-corrected chi connectivity index (χ1v) is 6.96. The minimum atomic E-state index is 0.774. The summed E-state index contributed by atoms with van der Waals surface area (Å²) in [4.78, 5) is 0. The highest BCUT2D eigenvalue weighted by Crippen LogP contribution is 2.14. The molecule has 21 heavy (non-hydrogen) atoms. The van der Waals surface area contributed by atoms with Crippen LogP contribution in [0.15, 0.2) is 54.6 Å². The number of hydrogen-bond donors (Lipinski definition) is 1. The Hall–Kier alpha value is -2.69. The van der Waals surface area contributed by atoms with Gasteiger partial charge in [0.15, 0.2) is 5.82 Å². The standard InChI is InChI=1S/C16H17N5/c1-13-18-19-20-21(13)16-9-5-8-15(12-16)17-11-10-14-6-3-2-4-7-14/h2-9,12,17H,10-11H2,1H3. The summed E-state index contributed by atoms with van der Waals surface area (Å²) in [5.74, 6) is 0.774. The van der Waals surface area contributed by atoms with Crippen molar-refractivity contribution in [1.29, 1.82) is 0 Å². The third-order valence-corrected chi connectivity index (χ3v) is 3.30. The molecule has 5 heteroatoms. The van der Waals surface area contributed by atoms with E-state index in [1.807, 2.05) is 37.3 Å². The molecule has 0 aliphatic heterocycles. The molecular weight excluding hydrogens is 262 g/mol. The maximum Gasteiger partial charge on any atom is 0.153 e. The van der Waals surface area contributed by atoms with Crippen molar-refractivity contribution in [3.05, 3.63) is 66.0 Å². The average molecular weight is 279 g/mol. The van der Waals surface area contributed by atoms with Crippen LogP contribution in [-0.4, -0.2) is 26.8 Å². The van der Waals surface area contributed by atoms with Crippen LogP contribution in [-0.2, 0) is 6.42 Å². The summed E-state index contributed by atoms with van der Waals surface area (Å²) in [6.07, 6.45) is 0.995. The first-order chi connectivity index (χ1) is 10.3. The highest BCUT2D eigenvalue weighted by molar-refractivity contribution is 5.51. The van der Waals surface area contributed by atoms with Crippen LogP contribution < -0.4 is 5.32 Å². The van der Waals surface area contributed by atoms with Crippen LogP contribution in [0.1, 0.15) is 11.4 Å². The number of anilines is 1. The van der Waals surface area contributed by atoms with Gasteiger partial charge in [-0.05, 0) is 47.5 Å². The largest absolute Gasteiger partial charge is 0.385 e. The average Bonchev–Trinajstić information content (AvgIpc) is 2.95. The first-order valence-electron chi connectivity index (χ1n) is 6.96. The number of aromatic nitrogens is 4. The topological polar surface area (TPSA) is 55.6 Å². The fourth-order valence-electron chi connectivity index (χ4n) is 2.21. The van der Waals surface area contributed by atoms with Gasteiger partial charge in [0, 0.05) is 12.2 Å². The van der Waals surface area contributed by atoms with Crippen molar-refractivity contribution in [2.75, 3.05) is 11.9 Å². The summed E-state index contributed by atoms with van der Waals surface area (Å²) in [6.45, 7) is 2.78. The molecule has 0 bridgehead atoms. The van der Waals surface area contributed by atoms with E-state index in [0.717, 1.165) is 30.2 Å². The fourth-order valence-corrected chi connectivity index (χ4v) is 2.21. The molecule has 0 atom stereocenters. The molecule has 5 nitrogen and oxygen atoms in total. The lowest BCUT2D eigenvalue weighted by molar-refractivity contribution is 0.779. The van der Waals surface area contributed by atoms with Crippen molar-refractivity contribution >= 4 is 5.69 Å². The number of aryl methyl sites for hydroxylation is 1. The fraction of sp³-hybridized carbons (Fsp3) is 0.188. The zero-order valence-corrected chi connectivity index (χ0v) is 11.9. The van der Waals surface area contributed by atoms with Gasteiger partial charge in [-0.25, -0.2) is 0 Å². The summed E-state index contributed by atoms with van der Waals surface area (Å²) in [7, 11) is 0. The van der Waals surface area contributed by atoms with Crippen LogP contribution in [0.25, 0.3) is 5.69 Å². The van der Waals surface area contributed by atoms with E-state index in [-0.39, 0.29) is 0 Å². The normalized spacial score (nSPS) is 10.5. The molecule has 0 aliphatic carbocycles. The van der Waals surface area contributed by atoms with Crippen LogP contribution >= 0.6 is 0 Å². The van der Waals surface area contributed by atoms with E-state index in [4.69, 9.17) is 0 Å². The third kappa shape index (κ3) is 3.25. The summed E-state index contributed by atoms with van der Waals surface area (Å²) >= 11 is 0. The minimum absolute atomic E-state index is 0.774. The molecule has 2 aromatic carbocycles. The van der Waals surface area contributed by atoms with Crippen molar-refractivity contribution in [2.24, 2.45) is 0 Å². The van der Waals surface area contributed by atoms with E-state index in [0.29, 0.717) is 0 Å². The number of tetrazole rings is 1. The molecule has 0 radical (unpaired) electrons. The van der Waals surface area contributed by atoms with E-state index in [1.54, 1.807) is 4.68 Å². The molecule has 0 aliphatic rings. The van der Waals surface area contributed by atoms with E-state index >= 15 is 0 Å². The van der Waals surface area contributed by atoms with Crippen molar-refractivity contribution in [2.45, 2.75) is 13.3 Å². The van der Waals surface area contributed by atoms with Crippen LogP contribution in [0.3, 0.4) is 0 Å². The molecule has 3 rings (SSSR count). The molecule has 3 aromatic rings. The highest BCUT2D eigenvalue weighted by Gasteiger charge is 2.03. The van der Waals surface area contributed by atoms with E-state index in [9.17, 15) is 0 Å². The predicted molar refractivity (Wildman–Crippen MR) is 82.5 cm³/mol. The summed E-state index contributed by atoms with van der Waals surface area (Å²) in [5, 5.41) is 15.0. The lowest BCUT2D eigenvalue weighted by atomic mass is 10.1. The molecule has 0 spiro atoms. The molecule has 1 heterocycles. The quantitative estimate of drug-likeness (QED) is 0.780. The number of rotatable bonds is 5. The molecule has 1 N–H and O–H groups in total. The summed E-state index contributed by atoms with van der Waals surface area (Å²) in [6, 6.07) is 18.5. The number of nitrogens with one attached hydrogen (secondary N) is 1. The lowest BCUT2D eigenvalue weighted by Gasteiger charge is -2.08. The lowest BCUT2D eigenvalue weighted by Crippen LogP contribution is -2.06. The second-order valence-electron chi connectivity index (χ2n) is 4.85. The highest BCUT2D eigenvalue weighted by atomic mass is 15.5. The van der Waals surface area contributed by atoms with Gasteiger partial charge in [-0.1, -0.05) is 36.4 Å². The van der Waals surface area contributed by atoms with Gasteiger partial charge in [-0.3, -0.25) is 0 Å². The molecule has 0 saturated heterocycles. The van der Waals surface area contributed by atoms with Gasteiger partial charge in [0.25, 0.3) is 0 Å². The number of hydrogen-bond acceptors (Lipinski definition) is 4. The van der Waals surface area contributed by atoms with Gasteiger partial charge < -0.3 is 5.32 Å². The molecule has 0 amide bonds. The van der Waals surface area contributed by atoms with E-state index < -0.39 is 0 Å². The van der Waals surface area contributed by atoms with Crippen LogP contribution in [0.4, 0.5) is 5.69 Å². The monoisotopic (exact) mass is 279 g/mol. The second kappa shape index (κ2) is 6.17. The summed E-state index contributed by atoms with van der Waals surface area (Å²) < 4.78 is 1.72. The van der Waals surface area contributed by atoms with Crippen molar-refractivity contribution in [1.82, 2.24) is 20.2 Å². The predicted octanol–water partition coefficient (Wildman–Crippen LogP) is 2.63. The van der Waals surface area contributed by atoms with Gasteiger partial charge in [0.2, 0.25) is 0 Å². The minimum Gasteiger partial charge on any atom is -0.385 e. The van der Waals surface area contributed by atoms with E-state index in [2.05, 4.69) is 45.1 Å². The Kier molecular flexibility index (Phi) is 3.91. The molecule has 106 valence electrons. The van der Waals surface area contributed by atoms with Crippen LogP contribution in [0.5, 0.6) is 0 Å². The van der Waals surface area contributed by atoms with Crippen molar-refractivity contribution in [3.63, 3.8) is 0 Å². The van der Waals surface area contributed by atoms with Crippen LogP contribution in [0.2, 0.25) is 0 Å². The third-order valence-electron chi connectivity index (χ3n) is 3.30. The zero-order valence-electron chi connectivity index (χ0n) is 11.9. The Labute approximate surface area is 123 Å². The van der Waals surface area contributed by atoms with Crippen molar-refractivity contribution < 1.29 is 0 Å². The molecular formula is C16H17N5. The Bertz CT molecular complexity index is 705. The Balaban J connectivity index is 1.65. The van der Waals surface area contributed by atoms with Gasteiger partial charge in [-0.2, -0.15) is 4.68 Å². The summed E-state index contributed by atoms with van der Waals surface area (Å²) in [5.41, 5.74) is 3.36. The second-order valence-corrected chi connectivity index (χ2v) is 4.85.